The number of carboxylic acids is 3. The number of carboxylic acid groups (broad SMARTS) is 3. The summed E-state index contributed by atoms with van der Waals surface area (Å²) in [5, 5.41) is 28.8. The minimum absolute atomic E-state index is 0.577. The van der Waals surface area contributed by atoms with E-state index in [9.17, 15) is 29.7 Å². The molecular weight excluding hydrogens is 647 g/mol. The molecule has 0 bridgehead atoms. The molecular formula is C28H54O6S3Sn. The summed E-state index contributed by atoms with van der Waals surface area (Å²) in [6.45, 7) is 8.59. The summed E-state index contributed by atoms with van der Waals surface area (Å²) in [7, 11) is 0. The van der Waals surface area contributed by atoms with Crippen molar-refractivity contribution in [2.24, 2.45) is 0 Å². The molecule has 0 radical (unpaired) electrons. The van der Waals surface area contributed by atoms with Crippen LogP contribution in [0.15, 0.2) is 0 Å². The van der Waals surface area contributed by atoms with Gasteiger partial charge in [-0.05, 0) is 19.3 Å². The maximum atomic E-state index is 10.2. The summed E-state index contributed by atoms with van der Waals surface area (Å²) in [5.41, 5.74) is 0. The summed E-state index contributed by atoms with van der Waals surface area (Å²) < 4.78 is 1.43. The van der Waals surface area contributed by atoms with Gasteiger partial charge in [-0.3, -0.25) is 0 Å². The van der Waals surface area contributed by atoms with E-state index in [4.69, 9.17) is 0 Å². The van der Waals surface area contributed by atoms with E-state index in [0.717, 1.165) is 38.5 Å². The Morgan fingerprint density at radius 3 is 0.868 bits per heavy atom. The molecule has 0 N–H and O–H groups in total. The number of unbranched alkanes of at least 4 members (excludes halogenated alkanes) is 10. The van der Waals surface area contributed by atoms with Crippen LogP contribution < -0.4 is 15.3 Å². The molecule has 0 spiro atoms. The number of carbonyl (C=O) groups excluding carboxylic acids is 3. The molecule has 0 rings (SSSR count). The standard InChI is InChI=1S/3C8H16O2S.C4H9.Sn/c3*1-2-3-4-5-6-7(11)8(9)10;1-3-4-2;/h3*7,11H,2-6H2,1H3,(H,9,10);1,3-4H2,2H3;/q;;;;+3/p-3. The first-order valence-electron chi connectivity index (χ1n) is 14.3. The molecule has 0 aromatic heterocycles. The Hall–Kier alpha value is 0.259. The van der Waals surface area contributed by atoms with E-state index in [1.54, 1.807) is 22.5 Å². The average molecular weight is 702 g/mol. The zero-order valence-electron chi connectivity index (χ0n) is 24.3. The monoisotopic (exact) mass is 702 g/mol. The predicted octanol–water partition coefficient (Wildman–Crippen LogP) is 4.39. The van der Waals surface area contributed by atoms with Crippen LogP contribution in [-0.2, 0) is 14.4 Å². The average Bonchev–Trinajstić information content (AvgIpc) is 2.88. The summed E-state index contributed by atoms with van der Waals surface area (Å²) >= 11 is 13.3. The van der Waals surface area contributed by atoms with Gasteiger partial charge < -0.3 is 29.7 Å². The first-order valence-corrected chi connectivity index (χ1v) is 17.8. The first-order chi connectivity index (χ1) is 18.0. The number of aliphatic carboxylic acids is 3. The topological polar surface area (TPSA) is 120 Å². The Balaban J connectivity index is -0.000000209. The van der Waals surface area contributed by atoms with Crippen molar-refractivity contribution in [2.75, 3.05) is 0 Å². The minimum atomic E-state index is -1.05. The van der Waals surface area contributed by atoms with Crippen molar-refractivity contribution in [2.45, 2.75) is 157 Å². The quantitative estimate of drug-likeness (QED) is 0.0985. The number of hydrogen-bond donors (Lipinski definition) is 3. The van der Waals surface area contributed by atoms with Crippen LogP contribution in [0.25, 0.3) is 0 Å². The fraction of sp³-hybridized carbons (Fsp3) is 0.893. The molecule has 0 aromatic carbocycles. The molecule has 0 saturated carbocycles. The van der Waals surface area contributed by atoms with Gasteiger partial charge in [0.05, 0.1) is 17.9 Å². The summed E-state index contributed by atoms with van der Waals surface area (Å²) in [6, 6.07) is 0. The molecule has 0 aromatic rings. The van der Waals surface area contributed by atoms with Crippen molar-refractivity contribution in [1.82, 2.24) is 0 Å². The molecule has 224 valence electrons. The Bertz CT molecular complexity index is 458. The number of rotatable bonds is 20. The van der Waals surface area contributed by atoms with Gasteiger partial charge in [0.25, 0.3) is 0 Å². The third-order valence-corrected chi connectivity index (χ3v) is 7.76. The van der Waals surface area contributed by atoms with Crippen LogP contribution >= 0.6 is 37.9 Å². The molecule has 0 fully saturated rings. The number of carbonyl (C=O) groups is 3. The second-order valence-corrected chi connectivity index (χ2v) is 12.5. The van der Waals surface area contributed by atoms with Gasteiger partial charge in [-0.2, -0.15) is 37.9 Å². The third kappa shape index (κ3) is 43.3. The molecule has 3 atom stereocenters. The molecule has 0 saturated heterocycles. The molecule has 0 aliphatic heterocycles. The van der Waals surface area contributed by atoms with Gasteiger partial charge in [-0.1, -0.05) is 97.8 Å². The van der Waals surface area contributed by atoms with E-state index in [2.05, 4.69) is 65.6 Å². The van der Waals surface area contributed by atoms with Crippen LogP contribution in [0.3, 0.4) is 0 Å². The summed E-state index contributed by atoms with van der Waals surface area (Å²) in [5.74, 6) is -3.15. The van der Waals surface area contributed by atoms with E-state index in [1.807, 2.05) is 0 Å². The Morgan fingerprint density at radius 2 is 0.737 bits per heavy atom. The van der Waals surface area contributed by atoms with Gasteiger partial charge in [0.1, 0.15) is 0 Å². The number of thiol groups is 3. The van der Waals surface area contributed by atoms with Crippen molar-refractivity contribution in [3.8, 4) is 0 Å². The predicted molar refractivity (Wildman–Crippen MR) is 165 cm³/mol. The molecule has 0 heterocycles. The van der Waals surface area contributed by atoms with Crippen molar-refractivity contribution >= 4 is 78.3 Å². The maximum absolute atomic E-state index is 10.2. The van der Waals surface area contributed by atoms with Crippen LogP contribution in [0.2, 0.25) is 4.44 Å². The third-order valence-electron chi connectivity index (χ3n) is 5.34. The second kappa shape index (κ2) is 37.3. The van der Waals surface area contributed by atoms with E-state index in [1.165, 1.54) is 55.8 Å². The number of hydrogen-bond acceptors (Lipinski definition) is 9. The molecule has 3 unspecified atom stereocenters. The Morgan fingerprint density at radius 1 is 0.500 bits per heavy atom. The van der Waals surface area contributed by atoms with E-state index in [-0.39, 0.29) is 0 Å². The van der Waals surface area contributed by atoms with Gasteiger partial charge >= 0.3 is 46.7 Å². The normalized spacial score (nSPS) is 12.3. The van der Waals surface area contributed by atoms with Crippen molar-refractivity contribution in [1.29, 1.82) is 0 Å². The molecule has 0 amide bonds. The molecule has 10 heteroatoms. The second-order valence-electron chi connectivity index (χ2n) is 9.16. The SMILES string of the molecule is CCCCCCC(S)C(=O)[O-].CCCCCCC(S)C(=O)[O-].CCCCCCC(S)C(=O)[O-].CCC[CH2][Sn+3]. The summed E-state index contributed by atoms with van der Waals surface area (Å²) in [4.78, 5) is 30.5. The zero-order chi connectivity index (χ0) is 30.2. The summed E-state index contributed by atoms with van der Waals surface area (Å²) in [6.07, 6.45) is 17.8. The first kappa shape index (κ1) is 45.3. The van der Waals surface area contributed by atoms with Gasteiger partial charge in [-0.15, -0.1) is 0 Å². The fourth-order valence-corrected chi connectivity index (χ4v) is 4.38. The van der Waals surface area contributed by atoms with E-state index < -0.39 is 33.7 Å². The van der Waals surface area contributed by atoms with Crippen LogP contribution in [0, 0.1) is 0 Å². The van der Waals surface area contributed by atoms with Gasteiger partial charge in [-0.25, -0.2) is 0 Å². The fourth-order valence-electron chi connectivity index (χ4n) is 2.82. The molecule has 0 aliphatic rings. The van der Waals surface area contributed by atoms with E-state index in [0.29, 0.717) is 19.3 Å². The Labute approximate surface area is 263 Å². The van der Waals surface area contributed by atoms with Crippen LogP contribution in [0.4, 0.5) is 0 Å². The van der Waals surface area contributed by atoms with Gasteiger partial charge in [0.2, 0.25) is 0 Å². The molecule has 6 nitrogen and oxygen atoms in total. The van der Waals surface area contributed by atoms with Gasteiger partial charge in [0.15, 0.2) is 0 Å². The van der Waals surface area contributed by atoms with Crippen molar-refractivity contribution in [3.63, 3.8) is 0 Å². The van der Waals surface area contributed by atoms with Gasteiger partial charge in [0, 0.05) is 15.7 Å². The zero-order valence-corrected chi connectivity index (χ0v) is 29.8. The Kier molecular flexibility index (Phi) is 44.4. The molecule has 38 heavy (non-hydrogen) atoms. The van der Waals surface area contributed by atoms with E-state index >= 15 is 0 Å². The van der Waals surface area contributed by atoms with Crippen LogP contribution in [0.1, 0.15) is 137 Å². The van der Waals surface area contributed by atoms with Crippen molar-refractivity contribution in [3.05, 3.63) is 0 Å². The molecule has 0 aliphatic carbocycles. The van der Waals surface area contributed by atoms with Crippen molar-refractivity contribution < 1.29 is 29.7 Å². The van der Waals surface area contributed by atoms with Crippen LogP contribution in [-0.4, -0.2) is 56.2 Å². The van der Waals surface area contributed by atoms with Crippen LogP contribution in [0.5, 0.6) is 0 Å².